The molecule has 0 atom stereocenters. The third-order valence-electron chi connectivity index (χ3n) is 4.88. The number of aryl methyl sites for hydroxylation is 1. The van der Waals surface area contributed by atoms with Crippen LogP contribution in [0.2, 0.25) is 0 Å². The van der Waals surface area contributed by atoms with Crippen molar-refractivity contribution in [1.82, 2.24) is 0 Å². The Morgan fingerprint density at radius 3 is 2.52 bits per heavy atom. The molecule has 1 heterocycles. The zero-order chi connectivity index (χ0) is 21.2. The van der Waals surface area contributed by atoms with Gasteiger partial charge in [0.2, 0.25) is 5.91 Å². The fourth-order valence-corrected chi connectivity index (χ4v) is 4.59. The Morgan fingerprint density at radius 2 is 1.86 bits per heavy atom. The summed E-state index contributed by atoms with van der Waals surface area (Å²) < 4.78 is 38.9. The van der Waals surface area contributed by atoms with Gasteiger partial charge in [-0.1, -0.05) is 19.9 Å². The first-order chi connectivity index (χ1) is 13.8. The lowest BCUT2D eigenvalue weighted by atomic mass is 9.99. The molecule has 0 radical (unpaired) electrons. The first kappa shape index (κ1) is 21.0. The van der Waals surface area contributed by atoms with E-state index in [4.69, 9.17) is 9.47 Å². The molecule has 1 amide bonds. The molecule has 0 unspecified atom stereocenters. The van der Waals surface area contributed by atoms with Crippen molar-refractivity contribution in [2.45, 2.75) is 31.6 Å². The van der Waals surface area contributed by atoms with Gasteiger partial charge in [-0.05, 0) is 42.7 Å². The monoisotopic (exact) mass is 418 g/mol. The minimum atomic E-state index is -3.90. The summed E-state index contributed by atoms with van der Waals surface area (Å²) in [6, 6.07) is 9.83. The summed E-state index contributed by atoms with van der Waals surface area (Å²) in [5.74, 6) is 0.580. The van der Waals surface area contributed by atoms with Crippen molar-refractivity contribution >= 4 is 27.3 Å². The van der Waals surface area contributed by atoms with Crippen molar-refractivity contribution in [2.24, 2.45) is 5.92 Å². The second kappa shape index (κ2) is 8.32. The molecule has 1 aliphatic rings. The van der Waals surface area contributed by atoms with Gasteiger partial charge in [0, 0.05) is 24.2 Å². The van der Waals surface area contributed by atoms with E-state index in [0.29, 0.717) is 18.0 Å². The number of fused-ring (bicyclic) bond motifs is 1. The van der Waals surface area contributed by atoms with Crippen LogP contribution < -0.4 is 19.1 Å². The second-order valence-corrected chi connectivity index (χ2v) is 8.86. The highest BCUT2D eigenvalue weighted by Gasteiger charge is 2.26. The molecule has 1 aliphatic heterocycles. The maximum atomic E-state index is 13.0. The van der Waals surface area contributed by atoms with E-state index in [1.165, 1.54) is 26.4 Å². The number of hydrogen-bond donors (Lipinski definition) is 1. The highest BCUT2D eigenvalue weighted by atomic mass is 32.2. The lowest BCUT2D eigenvalue weighted by Crippen LogP contribution is -2.38. The topological polar surface area (TPSA) is 84.9 Å². The van der Waals surface area contributed by atoms with Crippen molar-refractivity contribution in [3.63, 3.8) is 0 Å². The number of hydrogen-bond acceptors (Lipinski definition) is 5. The van der Waals surface area contributed by atoms with Crippen LogP contribution >= 0.6 is 0 Å². The van der Waals surface area contributed by atoms with Crippen LogP contribution in [-0.2, 0) is 21.2 Å². The minimum absolute atomic E-state index is 0.00799. The SMILES string of the molecule is COc1ccc(S(=O)(=O)Nc2ccc3c(c2)N(C(=O)C(C)C)CCC3)c(OC)c1. The number of nitrogens with one attached hydrogen (secondary N) is 1. The first-order valence-corrected chi connectivity index (χ1v) is 10.9. The van der Waals surface area contributed by atoms with Crippen LogP contribution in [0, 0.1) is 5.92 Å². The average molecular weight is 419 g/mol. The Morgan fingerprint density at radius 1 is 1.10 bits per heavy atom. The second-order valence-electron chi connectivity index (χ2n) is 7.21. The molecule has 2 aromatic rings. The smallest absolute Gasteiger partial charge is 0.265 e. The minimum Gasteiger partial charge on any atom is -0.497 e. The van der Waals surface area contributed by atoms with Gasteiger partial charge in [0.1, 0.15) is 16.4 Å². The van der Waals surface area contributed by atoms with Crippen LogP contribution in [0.15, 0.2) is 41.3 Å². The molecule has 1 N–H and O–H groups in total. The maximum Gasteiger partial charge on any atom is 0.265 e. The number of amides is 1. The molecule has 0 fully saturated rings. The van der Waals surface area contributed by atoms with E-state index in [2.05, 4.69) is 4.72 Å². The van der Waals surface area contributed by atoms with Gasteiger partial charge in [-0.2, -0.15) is 0 Å². The number of rotatable bonds is 6. The molecule has 3 rings (SSSR count). The fourth-order valence-electron chi connectivity index (χ4n) is 3.39. The predicted octanol–water partition coefficient (Wildman–Crippen LogP) is 3.44. The van der Waals surface area contributed by atoms with Gasteiger partial charge < -0.3 is 14.4 Å². The molecular formula is C21H26N2O5S. The maximum absolute atomic E-state index is 13.0. The van der Waals surface area contributed by atoms with E-state index < -0.39 is 10.0 Å². The molecule has 29 heavy (non-hydrogen) atoms. The zero-order valence-electron chi connectivity index (χ0n) is 17.1. The summed E-state index contributed by atoms with van der Waals surface area (Å²) in [5, 5.41) is 0. The van der Waals surface area contributed by atoms with E-state index in [9.17, 15) is 13.2 Å². The van der Waals surface area contributed by atoms with Crippen LogP contribution in [0.25, 0.3) is 0 Å². The quantitative estimate of drug-likeness (QED) is 0.777. The van der Waals surface area contributed by atoms with Gasteiger partial charge in [0.25, 0.3) is 10.0 Å². The highest BCUT2D eigenvalue weighted by Crippen LogP contribution is 2.33. The number of nitrogens with zero attached hydrogens (tertiary/aromatic N) is 1. The van der Waals surface area contributed by atoms with Crippen LogP contribution in [0.1, 0.15) is 25.8 Å². The molecule has 0 spiro atoms. The number of methoxy groups -OCH3 is 2. The number of sulfonamides is 1. The number of benzene rings is 2. The Labute approximate surface area is 171 Å². The summed E-state index contributed by atoms with van der Waals surface area (Å²) in [4.78, 5) is 14.3. The van der Waals surface area contributed by atoms with Crippen LogP contribution in [0.4, 0.5) is 11.4 Å². The fraction of sp³-hybridized carbons (Fsp3) is 0.381. The van der Waals surface area contributed by atoms with Crippen molar-refractivity contribution in [3.05, 3.63) is 42.0 Å². The summed E-state index contributed by atoms with van der Waals surface area (Å²) in [6.45, 7) is 4.35. The number of anilines is 2. The molecule has 2 aromatic carbocycles. The largest absolute Gasteiger partial charge is 0.497 e. The highest BCUT2D eigenvalue weighted by molar-refractivity contribution is 7.92. The third-order valence-corrected chi connectivity index (χ3v) is 6.30. The van der Waals surface area contributed by atoms with Gasteiger partial charge in [-0.15, -0.1) is 0 Å². The molecule has 0 bridgehead atoms. The normalized spacial score (nSPS) is 13.8. The molecule has 0 saturated carbocycles. The lowest BCUT2D eigenvalue weighted by Gasteiger charge is -2.31. The van der Waals surface area contributed by atoms with E-state index in [1.54, 1.807) is 23.1 Å². The van der Waals surface area contributed by atoms with E-state index in [1.807, 2.05) is 19.9 Å². The van der Waals surface area contributed by atoms with Gasteiger partial charge in [0.05, 0.1) is 19.9 Å². The molecule has 0 saturated heterocycles. The van der Waals surface area contributed by atoms with E-state index >= 15 is 0 Å². The Bertz CT molecular complexity index is 1020. The summed E-state index contributed by atoms with van der Waals surface area (Å²) in [5.41, 5.74) is 2.19. The summed E-state index contributed by atoms with van der Waals surface area (Å²) in [6.07, 6.45) is 1.75. The summed E-state index contributed by atoms with van der Waals surface area (Å²) >= 11 is 0. The van der Waals surface area contributed by atoms with Crippen molar-refractivity contribution in [1.29, 1.82) is 0 Å². The number of carbonyl (C=O) groups excluding carboxylic acids is 1. The molecule has 7 nitrogen and oxygen atoms in total. The zero-order valence-corrected chi connectivity index (χ0v) is 17.9. The molecule has 0 aromatic heterocycles. The molecule has 0 aliphatic carbocycles. The average Bonchev–Trinajstić information content (AvgIpc) is 2.71. The van der Waals surface area contributed by atoms with Crippen molar-refractivity contribution < 1.29 is 22.7 Å². The lowest BCUT2D eigenvalue weighted by molar-refractivity contribution is -0.121. The van der Waals surface area contributed by atoms with Gasteiger partial charge in [0.15, 0.2) is 0 Å². The molecular weight excluding hydrogens is 392 g/mol. The first-order valence-electron chi connectivity index (χ1n) is 9.46. The van der Waals surface area contributed by atoms with E-state index in [-0.39, 0.29) is 22.5 Å². The molecule has 156 valence electrons. The number of carbonyl (C=O) groups is 1. The van der Waals surface area contributed by atoms with Crippen LogP contribution in [0.5, 0.6) is 11.5 Å². The number of ether oxygens (including phenoxy) is 2. The van der Waals surface area contributed by atoms with Crippen molar-refractivity contribution in [2.75, 3.05) is 30.4 Å². The van der Waals surface area contributed by atoms with E-state index in [0.717, 1.165) is 24.1 Å². The standard InChI is InChI=1S/C21H26N2O5S/c1-14(2)21(24)23-11-5-6-15-7-8-16(12-18(15)23)22-29(25,26)20-10-9-17(27-3)13-19(20)28-4/h7-10,12-14,22H,5-6,11H2,1-4H3. The molecule has 8 heteroatoms. The van der Waals surface area contributed by atoms with Crippen molar-refractivity contribution in [3.8, 4) is 11.5 Å². The van der Waals surface area contributed by atoms with Crippen LogP contribution in [0.3, 0.4) is 0 Å². The van der Waals surface area contributed by atoms with Gasteiger partial charge in [-0.3, -0.25) is 9.52 Å². The predicted molar refractivity (Wildman–Crippen MR) is 112 cm³/mol. The Hall–Kier alpha value is -2.74. The van der Waals surface area contributed by atoms with Gasteiger partial charge in [-0.25, -0.2) is 8.42 Å². The Kier molecular flexibility index (Phi) is 6.02. The third kappa shape index (κ3) is 4.32. The van der Waals surface area contributed by atoms with Crippen LogP contribution in [-0.4, -0.2) is 35.1 Å². The summed E-state index contributed by atoms with van der Waals surface area (Å²) in [7, 11) is -0.992. The Balaban J connectivity index is 1.95. The van der Waals surface area contributed by atoms with Gasteiger partial charge >= 0.3 is 0 Å².